The summed E-state index contributed by atoms with van der Waals surface area (Å²) in [6, 6.07) is 16.9. The van der Waals surface area contributed by atoms with Gasteiger partial charge in [0.2, 0.25) is 0 Å². The topological polar surface area (TPSA) is 91.3 Å². The molecule has 0 aromatic heterocycles. The minimum absolute atomic E-state index is 0.197. The molecule has 1 saturated heterocycles. The van der Waals surface area contributed by atoms with E-state index < -0.39 is 36.5 Å². The van der Waals surface area contributed by atoms with Gasteiger partial charge >= 0.3 is 11.9 Å². The number of hydrogen-bond acceptors (Lipinski definition) is 7. The van der Waals surface area contributed by atoms with E-state index in [1.54, 1.807) is 60.7 Å². The van der Waals surface area contributed by atoms with Crippen molar-refractivity contribution in [3.8, 4) is 0 Å². The van der Waals surface area contributed by atoms with Gasteiger partial charge in [-0.25, -0.2) is 9.59 Å². The molecule has 1 unspecified atom stereocenters. The van der Waals surface area contributed by atoms with Crippen LogP contribution in [0.2, 0.25) is 0 Å². The maximum atomic E-state index is 12.3. The molecule has 0 saturated carbocycles. The van der Waals surface area contributed by atoms with Crippen molar-refractivity contribution in [1.29, 1.82) is 0 Å². The van der Waals surface area contributed by atoms with Gasteiger partial charge in [-0.3, -0.25) is 0 Å². The Morgan fingerprint density at radius 2 is 1.52 bits per heavy atom. The van der Waals surface area contributed by atoms with Crippen LogP contribution in [0, 0.1) is 0 Å². The Morgan fingerprint density at radius 1 is 0.963 bits per heavy atom. The molecule has 27 heavy (non-hydrogen) atoms. The summed E-state index contributed by atoms with van der Waals surface area (Å²) in [5.41, 5.74) is 0.725. The summed E-state index contributed by atoms with van der Waals surface area (Å²) < 4.78 is 21.2. The van der Waals surface area contributed by atoms with Crippen molar-refractivity contribution in [3.63, 3.8) is 0 Å². The fourth-order valence-electron chi connectivity index (χ4n) is 2.76. The third-order valence-electron chi connectivity index (χ3n) is 4.16. The lowest BCUT2D eigenvalue weighted by Gasteiger charge is -2.20. The largest absolute Gasteiger partial charge is 0.459 e. The first-order chi connectivity index (χ1) is 13.1. The molecule has 7 nitrogen and oxygen atoms in total. The quantitative estimate of drug-likeness (QED) is 0.773. The molecular formula is C20H20O7. The van der Waals surface area contributed by atoms with Crippen LogP contribution in [0.5, 0.6) is 0 Å². The Balaban J connectivity index is 1.66. The summed E-state index contributed by atoms with van der Waals surface area (Å²) in [6.07, 6.45) is -4.08. The van der Waals surface area contributed by atoms with Gasteiger partial charge in [0.1, 0.15) is 18.8 Å². The second kappa shape index (κ2) is 8.77. The Labute approximate surface area is 156 Å². The molecule has 2 aromatic carbocycles. The van der Waals surface area contributed by atoms with Gasteiger partial charge < -0.3 is 24.1 Å². The van der Waals surface area contributed by atoms with Gasteiger partial charge in [-0.05, 0) is 24.3 Å². The molecular weight excluding hydrogens is 352 g/mol. The molecule has 0 radical (unpaired) electrons. The number of methoxy groups -OCH3 is 1. The lowest BCUT2D eigenvalue weighted by molar-refractivity contribution is -0.153. The molecule has 1 aliphatic rings. The minimum Gasteiger partial charge on any atom is -0.459 e. The van der Waals surface area contributed by atoms with Crippen LogP contribution in [0.1, 0.15) is 20.7 Å². The minimum atomic E-state index is -1.21. The van der Waals surface area contributed by atoms with Crippen LogP contribution in [-0.4, -0.2) is 55.4 Å². The highest BCUT2D eigenvalue weighted by Gasteiger charge is 2.47. The Kier molecular flexibility index (Phi) is 6.18. The van der Waals surface area contributed by atoms with Gasteiger partial charge in [0.15, 0.2) is 12.4 Å². The van der Waals surface area contributed by atoms with Crippen molar-refractivity contribution in [1.82, 2.24) is 0 Å². The summed E-state index contributed by atoms with van der Waals surface area (Å²) in [4.78, 5) is 24.4. The maximum Gasteiger partial charge on any atom is 0.338 e. The van der Waals surface area contributed by atoms with Gasteiger partial charge in [0, 0.05) is 7.11 Å². The van der Waals surface area contributed by atoms with Gasteiger partial charge in [-0.2, -0.15) is 0 Å². The summed E-state index contributed by atoms with van der Waals surface area (Å²) in [5.74, 6) is -1.15. The van der Waals surface area contributed by atoms with Crippen molar-refractivity contribution >= 4 is 11.9 Å². The van der Waals surface area contributed by atoms with Crippen LogP contribution < -0.4 is 0 Å². The van der Waals surface area contributed by atoms with E-state index in [1.807, 2.05) is 0 Å². The van der Waals surface area contributed by atoms with Crippen LogP contribution in [0.3, 0.4) is 0 Å². The first kappa shape index (κ1) is 19.0. The SMILES string of the molecule is COC1O[C@H](COC(=O)c2ccccc2)[C@@H](OC(=O)c2ccccc2)[C@H]1O. The molecule has 2 aromatic rings. The summed E-state index contributed by atoms with van der Waals surface area (Å²) >= 11 is 0. The molecule has 3 rings (SSSR count). The fraction of sp³-hybridized carbons (Fsp3) is 0.300. The predicted octanol–water partition coefficient (Wildman–Crippen LogP) is 1.80. The highest BCUT2D eigenvalue weighted by atomic mass is 16.7. The van der Waals surface area contributed by atoms with Crippen LogP contribution in [0.4, 0.5) is 0 Å². The molecule has 0 spiro atoms. The first-order valence-corrected chi connectivity index (χ1v) is 8.44. The molecule has 1 fully saturated rings. The number of carbonyl (C=O) groups is 2. The molecule has 4 atom stereocenters. The molecule has 1 heterocycles. The monoisotopic (exact) mass is 372 g/mol. The Bertz CT molecular complexity index is 762. The Hall–Kier alpha value is -2.74. The molecule has 142 valence electrons. The number of rotatable bonds is 6. The zero-order valence-electron chi connectivity index (χ0n) is 14.7. The fourth-order valence-corrected chi connectivity index (χ4v) is 2.76. The third kappa shape index (κ3) is 4.51. The highest BCUT2D eigenvalue weighted by Crippen LogP contribution is 2.26. The van der Waals surface area contributed by atoms with Crippen molar-refractivity contribution < 1.29 is 33.6 Å². The van der Waals surface area contributed by atoms with Crippen molar-refractivity contribution in [2.24, 2.45) is 0 Å². The van der Waals surface area contributed by atoms with E-state index in [0.717, 1.165) is 0 Å². The lowest BCUT2D eigenvalue weighted by atomic mass is 10.1. The third-order valence-corrected chi connectivity index (χ3v) is 4.16. The van der Waals surface area contributed by atoms with E-state index in [-0.39, 0.29) is 6.61 Å². The van der Waals surface area contributed by atoms with Crippen molar-refractivity contribution in [2.45, 2.75) is 24.6 Å². The number of aliphatic hydroxyl groups excluding tert-OH is 1. The summed E-state index contributed by atoms with van der Waals surface area (Å²) in [6.45, 7) is -0.197. The summed E-state index contributed by atoms with van der Waals surface area (Å²) in [5, 5.41) is 10.3. The van der Waals surface area contributed by atoms with E-state index in [9.17, 15) is 14.7 Å². The van der Waals surface area contributed by atoms with E-state index in [0.29, 0.717) is 11.1 Å². The average molecular weight is 372 g/mol. The number of carbonyl (C=O) groups excluding carboxylic acids is 2. The van der Waals surface area contributed by atoms with Gasteiger partial charge in [-0.1, -0.05) is 36.4 Å². The number of ether oxygens (including phenoxy) is 4. The van der Waals surface area contributed by atoms with Gasteiger partial charge in [-0.15, -0.1) is 0 Å². The second-order valence-corrected chi connectivity index (χ2v) is 5.97. The second-order valence-electron chi connectivity index (χ2n) is 5.97. The number of esters is 2. The molecule has 0 aliphatic carbocycles. The summed E-state index contributed by atoms with van der Waals surface area (Å²) in [7, 11) is 1.36. The van der Waals surface area contributed by atoms with Gasteiger partial charge in [0.25, 0.3) is 0 Å². The highest BCUT2D eigenvalue weighted by molar-refractivity contribution is 5.90. The average Bonchev–Trinajstić information content (AvgIpc) is 3.02. The normalized spacial score (nSPS) is 24.4. The van der Waals surface area contributed by atoms with Gasteiger partial charge in [0.05, 0.1) is 11.1 Å². The predicted molar refractivity (Wildman–Crippen MR) is 94.0 cm³/mol. The smallest absolute Gasteiger partial charge is 0.338 e. The molecule has 1 aliphatic heterocycles. The molecule has 1 N–H and O–H groups in total. The zero-order chi connectivity index (χ0) is 19.2. The molecule has 0 amide bonds. The van der Waals surface area contributed by atoms with Crippen LogP contribution in [-0.2, 0) is 18.9 Å². The molecule has 7 heteroatoms. The van der Waals surface area contributed by atoms with E-state index >= 15 is 0 Å². The first-order valence-electron chi connectivity index (χ1n) is 8.44. The van der Waals surface area contributed by atoms with Crippen LogP contribution >= 0.6 is 0 Å². The van der Waals surface area contributed by atoms with Crippen molar-refractivity contribution in [2.75, 3.05) is 13.7 Å². The van der Waals surface area contributed by atoms with E-state index in [1.165, 1.54) is 7.11 Å². The van der Waals surface area contributed by atoms with Crippen molar-refractivity contribution in [3.05, 3.63) is 71.8 Å². The lowest BCUT2D eigenvalue weighted by Crippen LogP contribution is -2.39. The van der Waals surface area contributed by atoms with Crippen LogP contribution in [0.15, 0.2) is 60.7 Å². The number of hydrogen-bond donors (Lipinski definition) is 1. The van der Waals surface area contributed by atoms with Crippen LogP contribution in [0.25, 0.3) is 0 Å². The standard InChI is InChI=1S/C20H20O7/c1-24-20-16(21)17(27-19(23)14-10-6-3-7-11-14)15(26-20)12-25-18(22)13-8-4-2-5-9-13/h2-11,15-17,20-21H,12H2,1H3/t15-,16-,17-,20?/m1/s1. The van der Waals surface area contributed by atoms with E-state index in [2.05, 4.69) is 0 Å². The Morgan fingerprint density at radius 3 is 2.07 bits per heavy atom. The maximum absolute atomic E-state index is 12.3. The number of aliphatic hydroxyl groups is 1. The number of benzene rings is 2. The molecule has 0 bridgehead atoms. The van der Waals surface area contributed by atoms with E-state index in [4.69, 9.17) is 18.9 Å². The zero-order valence-corrected chi connectivity index (χ0v) is 14.7.